The van der Waals surface area contributed by atoms with Crippen molar-refractivity contribution in [3.05, 3.63) is 24.0 Å². The standard InChI is InChI=1S/C15H24N4O/c1-11(16-2)12-5-4-8-19(10-12)13-6-7-18-14(9-13)15(20)17-3/h6-7,9,11-12,16H,4-5,8,10H2,1-3H3,(H,17,20). The molecule has 2 atom stereocenters. The minimum Gasteiger partial charge on any atom is -0.371 e. The number of hydrogen-bond acceptors (Lipinski definition) is 4. The van der Waals surface area contributed by atoms with E-state index in [0.29, 0.717) is 17.7 Å². The molecule has 2 heterocycles. The summed E-state index contributed by atoms with van der Waals surface area (Å²) in [7, 11) is 3.64. The summed E-state index contributed by atoms with van der Waals surface area (Å²) in [6, 6.07) is 4.38. The second kappa shape index (κ2) is 6.70. The van der Waals surface area contributed by atoms with Gasteiger partial charge in [0.25, 0.3) is 5.91 Å². The van der Waals surface area contributed by atoms with Crippen molar-refractivity contribution in [2.45, 2.75) is 25.8 Å². The summed E-state index contributed by atoms with van der Waals surface area (Å²) in [5, 5.41) is 5.96. The lowest BCUT2D eigenvalue weighted by molar-refractivity contribution is 0.0958. The van der Waals surface area contributed by atoms with Crippen LogP contribution in [0.25, 0.3) is 0 Å². The Bertz CT molecular complexity index is 463. The fourth-order valence-corrected chi connectivity index (χ4v) is 2.76. The Hall–Kier alpha value is -1.62. The van der Waals surface area contributed by atoms with Crippen LogP contribution >= 0.6 is 0 Å². The van der Waals surface area contributed by atoms with Crippen molar-refractivity contribution < 1.29 is 4.79 Å². The third kappa shape index (κ3) is 3.28. The van der Waals surface area contributed by atoms with Crippen LogP contribution in [-0.2, 0) is 0 Å². The molecule has 1 aromatic heterocycles. The number of carbonyl (C=O) groups excluding carboxylic acids is 1. The van der Waals surface area contributed by atoms with E-state index in [4.69, 9.17) is 0 Å². The number of carbonyl (C=O) groups is 1. The number of nitrogens with zero attached hydrogens (tertiary/aromatic N) is 2. The molecule has 2 N–H and O–H groups in total. The summed E-state index contributed by atoms with van der Waals surface area (Å²) in [6.07, 6.45) is 4.16. The third-order valence-electron chi connectivity index (χ3n) is 4.19. The average Bonchev–Trinajstić information content (AvgIpc) is 2.53. The van der Waals surface area contributed by atoms with Gasteiger partial charge in [0.05, 0.1) is 0 Å². The van der Waals surface area contributed by atoms with Crippen LogP contribution in [0.4, 0.5) is 5.69 Å². The molecule has 1 fully saturated rings. The van der Waals surface area contributed by atoms with Crippen molar-refractivity contribution in [3.8, 4) is 0 Å². The Labute approximate surface area is 120 Å². The minimum atomic E-state index is -0.135. The summed E-state index contributed by atoms with van der Waals surface area (Å²) >= 11 is 0. The average molecular weight is 276 g/mol. The lowest BCUT2D eigenvalue weighted by Crippen LogP contribution is -2.43. The first-order chi connectivity index (χ1) is 9.65. The molecule has 0 bridgehead atoms. The van der Waals surface area contributed by atoms with E-state index >= 15 is 0 Å². The van der Waals surface area contributed by atoms with Gasteiger partial charge in [0.2, 0.25) is 0 Å². The fourth-order valence-electron chi connectivity index (χ4n) is 2.76. The zero-order chi connectivity index (χ0) is 14.5. The third-order valence-corrected chi connectivity index (χ3v) is 4.19. The van der Waals surface area contributed by atoms with Crippen LogP contribution in [0.5, 0.6) is 0 Å². The van der Waals surface area contributed by atoms with E-state index in [1.54, 1.807) is 13.2 Å². The highest BCUT2D eigenvalue weighted by molar-refractivity contribution is 5.92. The van der Waals surface area contributed by atoms with Crippen LogP contribution in [0.15, 0.2) is 18.3 Å². The maximum absolute atomic E-state index is 11.7. The van der Waals surface area contributed by atoms with Crippen molar-refractivity contribution in [2.24, 2.45) is 5.92 Å². The van der Waals surface area contributed by atoms with Gasteiger partial charge in [-0.2, -0.15) is 0 Å². The zero-order valence-corrected chi connectivity index (χ0v) is 12.5. The Balaban J connectivity index is 2.12. The first-order valence-electron chi connectivity index (χ1n) is 7.26. The van der Waals surface area contributed by atoms with Crippen LogP contribution in [0.3, 0.4) is 0 Å². The van der Waals surface area contributed by atoms with Crippen LogP contribution in [-0.4, -0.2) is 44.1 Å². The molecule has 5 nitrogen and oxygen atoms in total. The Morgan fingerprint density at radius 2 is 2.30 bits per heavy atom. The van der Waals surface area contributed by atoms with Gasteiger partial charge < -0.3 is 15.5 Å². The van der Waals surface area contributed by atoms with Crippen LogP contribution in [0, 0.1) is 5.92 Å². The van der Waals surface area contributed by atoms with Crippen molar-refractivity contribution in [1.29, 1.82) is 0 Å². The lowest BCUT2D eigenvalue weighted by atomic mass is 9.91. The number of piperidine rings is 1. The van der Waals surface area contributed by atoms with Crippen molar-refractivity contribution in [1.82, 2.24) is 15.6 Å². The summed E-state index contributed by atoms with van der Waals surface area (Å²) < 4.78 is 0. The molecule has 2 rings (SSSR count). The number of anilines is 1. The molecule has 0 radical (unpaired) electrons. The van der Waals surface area contributed by atoms with Gasteiger partial charge in [-0.3, -0.25) is 9.78 Å². The van der Waals surface area contributed by atoms with Gasteiger partial charge in [-0.1, -0.05) is 0 Å². The van der Waals surface area contributed by atoms with Crippen LogP contribution < -0.4 is 15.5 Å². The molecule has 0 saturated carbocycles. The monoisotopic (exact) mass is 276 g/mol. The fraction of sp³-hybridized carbons (Fsp3) is 0.600. The molecule has 1 aliphatic heterocycles. The molecule has 1 aliphatic rings. The van der Waals surface area contributed by atoms with Crippen molar-refractivity contribution in [3.63, 3.8) is 0 Å². The first kappa shape index (κ1) is 14.8. The Kier molecular flexibility index (Phi) is 4.95. The highest BCUT2D eigenvalue weighted by Crippen LogP contribution is 2.25. The van der Waals surface area contributed by atoms with Crippen molar-refractivity contribution >= 4 is 11.6 Å². The van der Waals surface area contributed by atoms with Crippen molar-refractivity contribution in [2.75, 3.05) is 32.1 Å². The molecular weight excluding hydrogens is 252 g/mol. The smallest absolute Gasteiger partial charge is 0.269 e. The number of hydrogen-bond donors (Lipinski definition) is 2. The van der Waals surface area contributed by atoms with E-state index in [2.05, 4.69) is 27.4 Å². The first-order valence-corrected chi connectivity index (χ1v) is 7.26. The Morgan fingerprint density at radius 3 is 3.00 bits per heavy atom. The van der Waals surface area contributed by atoms with E-state index in [1.165, 1.54) is 12.8 Å². The maximum Gasteiger partial charge on any atom is 0.269 e. The predicted molar refractivity (Wildman–Crippen MR) is 81.1 cm³/mol. The van der Waals surface area contributed by atoms with Gasteiger partial charge in [-0.15, -0.1) is 0 Å². The van der Waals surface area contributed by atoms with E-state index in [1.807, 2.05) is 19.2 Å². The largest absolute Gasteiger partial charge is 0.371 e. The maximum atomic E-state index is 11.7. The van der Waals surface area contributed by atoms with Gasteiger partial charge in [0, 0.05) is 38.1 Å². The highest BCUT2D eigenvalue weighted by atomic mass is 16.1. The second-order valence-corrected chi connectivity index (χ2v) is 5.40. The zero-order valence-electron chi connectivity index (χ0n) is 12.5. The van der Waals surface area contributed by atoms with E-state index in [9.17, 15) is 4.79 Å². The van der Waals surface area contributed by atoms with Gasteiger partial charge >= 0.3 is 0 Å². The molecule has 0 spiro atoms. The number of nitrogens with one attached hydrogen (secondary N) is 2. The van der Waals surface area contributed by atoms with E-state index < -0.39 is 0 Å². The molecule has 0 aliphatic carbocycles. The SMILES string of the molecule is CNC(=O)c1cc(N2CCCC(C(C)NC)C2)ccn1. The molecule has 5 heteroatoms. The summed E-state index contributed by atoms with van der Waals surface area (Å²) in [5.41, 5.74) is 1.57. The predicted octanol–water partition coefficient (Wildman–Crippen LogP) is 1.27. The minimum absolute atomic E-state index is 0.135. The number of amides is 1. The Morgan fingerprint density at radius 1 is 1.50 bits per heavy atom. The molecular formula is C15H24N4O. The lowest BCUT2D eigenvalue weighted by Gasteiger charge is -2.37. The highest BCUT2D eigenvalue weighted by Gasteiger charge is 2.24. The molecule has 1 saturated heterocycles. The molecule has 2 unspecified atom stereocenters. The van der Waals surface area contributed by atoms with Gasteiger partial charge in [-0.05, 0) is 44.9 Å². The van der Waals surface area contributed by atoms with Gasteiger partial charge in [0.15, 0.2) is 0 Å². The summed E-state index contributed by atoms with van der Waals surface area (Å²) in [6.45, 7) is 4.31. The van der Waals surface area contributed by atoms with Crippen LogP contribution in [0.1, 0.15) is 30.3 Å². The number of pyridine rings is 1. The molecule has 1 aromatic rings. The van der Waals surface area contributed by atoms with E-state index in [-0.39, 0.29) is 5.91 Å². The molecule has 1 amide bonds. The topological polar surface area (TPSA) is 57.3 Å². The normalized spacial score (nSPS) is 20.6. The number of aromatic nitrogens is 1. The number of rotatable bonds is 4. The molecule has 110 valence electrons. The molecule has 0 aromatic carbocycles. The second-order valence-electron chi connectivity index (χ2n) is 5.40. The molecule has 20 heavy (non-hydrogen) atoms. The summed E-state index contributed by atoms with van der Waals surface area (Å²) in [4.78, 5) is 18.1. The quantitative estimate of drug-likeness (QED) is 0.869. The van der Waals surface area contributed by atoms with E-state index in [0.717, 1.165) is 18.8 Å². The summed E-state index contributed by atoms with van der Waals surface area (Å²) in [5.74, 6) is 0.509. The van der Waals surface area contributed by atoms with Gasteiger partial charge in [-0.25, -0.2) is 0 Å². The van der Waals surface area contributed by atoms with Gasteiger partial charge in [0.1, 0.15) is 5.69 Å². The van der Waals surface area contributed by atoms with Crippen LogP contribution in [0.2, 0.25) is 0 Å².